The quantitative estimate of drug-likeness (QED) is 0.534. The van der Waals surface area contributed by atoms with Crippen LogP contribution in [0.2, 0.25) is 0 Å². The molecule has 1 N–H and O–H groups in total. The predicted octanol–water partition coefficient (Wildman–Crippen LogP) is 3.28. The molecule has 1 fully saturated rings. The molecule has 1 aliphatic heterocycles. The molecule has 2 heterocycles. The smallest absolute Gasteiger partial charge is 0.435 e. The van der Waals surface area contributed by atoms with Gasteiger partial charge in [0.05, 0.1) is 19.9 Å². The zero-order valence-corrected chi connectivity index (χ0v) is 20.7. The van der Waals surface area contributed by atoms with Gasteiger partial charge in [0.15, 0.2) is 5.69 Å². The summed E-state index contributed by atoms with van der Waals surface area (Å²) < 4.78 is 52.2. The number of rotatable bonds is 8. The standard InChI is InChI=1S/C25H29F3N4O5/c1-36-17-9-7-16(8-10-17)32-20-18(21(30-32)25(26,27)28)11-15-31(22(20)34)14-5-6-19(33)29-24(23(35)37-2)12-3-4-13-24/h7-10H,3-6,11-15H2,1-2H3,(H,29,33). The first kappa shape index (κ1) is 26.5. The number of hydrogen-bond donors (Lipinski definition) is 1. The number of nitrogens with zero attached hydrogens (tertiary/aromatic N) is 3. The zero-order valence-electron chi connectivity index (χ0n) is 20.7. The van der Waals surface area contributed by atoms with E-state index in [1.165, 1.54) is 31.3 Å². The Bertz CT molecular complexity index is 1170. The first-order valence-corrected chi connectivity index (χ1v) is 12.1. The molecule has 0 saturated heterocycles. The molecule has 12 heteroatoms. The van der Waals surface area contributed by atoms with Crippen LogP contribution >= 0.6 is 0 Å². The van der Waals surface area contributed by atoms with Crippen molar-refractivity contribution in [3.05, 3.63) is 41.2 Å². The lowest BCUT2D eigenvalue weighted by atomic mass is 9.97. The number of carbonyl (C=O) groups excluding carboxylic acids is 3. The molecule has 4 rings (SSSR count). The zero-order chi connectivity index (χ0) is 26.8. The molecule has 200 valence electrons. The van der Waals surface area contributed by atoms with E-state index >= 15 is 0 Å². The molecular weight excluding hydrogens is 493 g/mol. The van der Waals surface area contributed by atoms with E-state index in [4.69, 9.17) is 9.47 Å². The third-order valence-electron chi connectivity index (χ3n) is 6.93. The Balaban J connectivity index is 1.48. The summed E-state index contributed by atoms with van der Waals surface area (Å²) in [4.78, 5) is 39.6. The number of fused-ring (bicyclic) bond motifs is 1. The molecule has 1 aliphatic carbocycles. The van der Waals surface area contributed by atoms with Gasteiger partial charge in [-0.3, -0.25) is 9.59 Å². The highest BCUT2D eigenvalue weighted by atomic mass is 19.4. The van der Waals surface area contributed by atoms with Crippen molar-refractivity contribution < 1.29 is 37.0 Å². The second-order valence-electron chi connectivity index (χ2n) is 9.26. The highest BCUT2D eigenvalue weighted by Gasteiger charge is 2.44. The highest BCUT2D eigenvalue weighted by molar-refractivity contribution is 5.96. The van der Waals surface area contributed by atoms with E-state index in [0.717, 1.165) is 17.5 Å². The molecule has 1 saturated carbocycles. The Morgan fingerprint density at radius 2 is 1.81 bits per heavy atom. The van der Waals surface area contributed by atoms with Gasteiger partial charge in [0.25, 0.3) is 5.91 Å². The molecule has 2 aliphatic rings. The van der Waals surface area contributed by atoms with Crippen LogP contribution in [0.3, 0.4) is 0 Å². The molecule has 0 radical (unpaired) electrons. The summed E-state index contributed by atoms with van der Waals surface area (Å²) >= 11 is 0. The normalized spacial score (nSPS) is 16.9. The number of aromatic nitrogens is 2. The van der Waals surface area contributed by atoms with Crippen LogP contribution < -0.4 is 10.1 Å². The van der Waals surface area contributed by atoms with Crippen molar-refractivity contribution in [3.8, 4) is 11.4 Å². The van der Waals surface area contributed by atoms with Crippen LogP contribution in [-0.4, -0.2) is 65.3 Å². The minimum Gasteiger partial charge on any atom is -0.497 e. The van der Waals surface area contributed by atoms with Crippen LogP contribution in [0.25, 0.3) is 5.69 Å². The second kappa shape index (κ2) is 10.4. The van der Waals surface area contributed by atoms with Crippen LogP contribution in [0.5, 0.6) is 5.75 Å². The maximum Gasteiger partial charge on any atom is 0.435 e. The summed E-state index contributed by atoms with van der Waals surface area (Å²) in [6.07, 6.45) is -1.75. The Morgan fingerprint density at radius 3 is 2.41 bits per heavy atom. The Labute approximate surface area is 211 Å². The number of methoxy groups -OCH3 is 2. The number of ether oxygens (including phenoxy) is 2. The van der Waals surface area contributed by atoms with Crippen molar-refractivity contribution in [1.82, 2.24) is 20.0 Å². The van der Waals surface area contributed by atoms with Gasteiger partial charge in [-0.05, 0) is 49.9 Å². The average molecular weight is 523 g/mol. The van der Waals surface area contributed by atoms with Crippen molar-refractivity contribution in [2.45, 2.75) is 56.7 Å². The maximum atomic E-state index is 13.7. The molecule has 2 aromatic rings. The number of benzene rings is 1. The third kappa shape index (κ3) is 5.28. The van der Waals surface area contributed by atoms with Crippen molar-refractivity contribution in [2.24, 2.45) is 0 Å². The highest BCUT2D eigenvalue weighted by Crippen LogP contribution is 2.36. The van der Waals surface area contributed by atoms with Gasteiger partial charge < -0.3 is 19.7 Å². The topological polar surface area (TPSA) is 103 Å². The molecule has 0 bridgehead atoms. The summed E-state index contributed by atoms with van der Waals surface area (Å²) in [5.41, 5.74) is -2.06. The molecule has 9 nitrogen and oxygen atoms in total. The minimum atomic E-state index is -4.71. The molecule has 1 aromatic heterocycles. The fourth-order valence-corrected chi connectivity index (χ4v) is 5.07. The molecule has 1 aromatic carbocycles. The van der Waals surface area contributed by atoms with Crippen molar-refractivity contribution in [1.29, 1.82) is 0 Å². The van der Waals surface area contributed by atoms with Crippen molar-refractivity contribution in [3.63, 3.8) is 0 Å². The van der Waals surface area contributed by atoms with E-state index < -0.39 is 29.3 Å². The summed E-state index contributed by atoms with van der Waals surface area (Å²) in [6, 6.07) is 6.21. The molecule has 37 heavy (non-hydrogen) atoms. The minimum absolute atomic E-state index is 0.0102. The Morgan fingerprint density at radius 1 is 1.14 bits per heavy atom. The van der Waals surface area contributed by atoms with E-state index in [1.54, 1.807) is 12.1 Å². The molecule has 2 amide bonds. The first-order chi connectivity index (χ1) is 17.6. The summed E-state index contributed by atoms with van der Waals surface area (Å²) in [7, 11) is 2.75. The third-order valence-corrected chi connectivity index (χ3v) is 6.93. The predicted molar refractivity (Wildman–Crippen MR) is 125 cm³/mol. The lowest BCUT2D eigenvalue weighted by molar-refractivity contribution is -0.150. The lowest BCUT2D eigenvalue weighted by Gasteiger charge is -2.29. The number of esters is 1. The SMILES string of the molecule is COC(=O)C1(NC(=O)CCCN2CCc3c(C(F)(F)F)nn(-c4ccc(OC)cc4)c3C2=O)CCCC1. The second-order valence-corrected chi connectivity index (χ2v) is 9.26. The van der Waals surface area contributed by atoms with Crippen LogP contribution in [0, 0.1) is 0 Å². The Kier molecular flexibility index (Phi) is 7.47. The summed E-state index contributed by atoms with van der Waals surface area (Å²) in [5, 5.41) is 6.57. The average Bonchev–Trinajstić information content (AvgIpc) is 3.51. The van der Waals surface area contributed by atoms with Crippen LogP contribution in [0.1, 0.15) is 60.3 Å². The van der Waals surface area contributed by atoms with Crippen LogP contribution in [0.15, 0.2) is 24.3 Å². The number of alkyl halides is 3. The van der Waals surface area contributed by atoms with Gasteiger partial charge >= 0.3 is 12.1 Å². The monoisotopic (exact) mass is 522 g/mol. The van der Waals surface area contributed by atoms with Gasteiger partial charge in [0.1, 0.15) is 17.0 Å². The largest absolute Gasteiger partial charge is 0.497 e. The fourth-order valence-electron chi connectivity index (χ4n) is 5.07. The van der Waals surface area contributed by atoms with Gasteiger partial charge in [-0.2, -0.15) is 18.3 Å². The summed E-state index contributed by atoms with van der Waals surface area (Å²) in [6.45, 7) is 0.253. The number of nitrogens with one attached hydrogen (secondary N) is 1. The summed E-state index contributed by atoms with van der Waals surface area (Å²) in [5.74, 6) is -0.870. The van der Waals surface area contributed by atoms with Crippen molar-refractivity contribution in [2.75, 3.05) is 27.3 Å². The maximum absolute atomic E-state index is 13.7. The van der Waals surface area contributed by atoms with Gasteiger partial charge in [0.2, 0.25) is 5.91 Å². The van der Waals surface area contributed by atoms with Gasteiger partial charge in [-0.25, -0.2) is 9.48 Å². The van der Waals surface area contributed by atoms with Crippen molar-refractivity contribution >= 4 is 17.8 Å². The van der Waals surface area contributed by atoms with Gasteiger partial charge in [0, 0.05) is 25.1 Å². The molecule has 0 unspecified atom stereocenters. The number of carbonyl (C=O) groups is 3. The van der Waals surface area contributed by atoms with E-state index in [0.29, 0.717) is 24.3 Å². The van der Waals surface area contributed by atoms with E-state index in [1.807, 2.05) is 0 Å². The number of halogens is 3. The van der Waals surface area contributed by atoms with Gasteiger partial charge in [-0.1, -0.05) is 12.8 Å². The van der Waals surface area contributed by atoms with Gasteiger partial charge in [-0.15, -0.1) is 0 Å². The number of amides is 2. The van der Waals surface area contributed by atoms with E-state index in [-0.39, 0.29) is 49.5 Å². The molecule has 0 atom stereocenters. The lowest BCUT2D eigenvalue weighted by Crippen LogP contribution is -2.53. The molecular formula is C25H29F3N4O5. The Hall–Kier alpha value is -3.57. The number of hydrogen-bond acceptors (Lipinski definition) is 6. The first-order valence-electron chi connectivity index (χ1n) is 12.1. The van der Waals surface area contributed by atoms with E-state index in [9.17, 15) is 27.6 Å². The van der Waals surface area contributed by atoms with E-state index in [2.05, 4.69) is 10.4 Å². The van der Waals surface area contributed by atoms with Crippen LogP contribution in [0.4, 0.5) is 13.2 Å². The fraction of sp³-hybridized carbons (Fsp3) is 0.520. The molecule has 0 spiro atoms. The van der Waals surface area contributed by atoms with Crippen LogP contribution in [-0.2, 0) is 26.9 Å².